The summed E-state index contributed by atoms with van der Waals surface area (Å²) in [6.45, 7) is 1.77. The van der Waals surface area contributed by atoms with Gasteiger partial charge in [-0.15, -0.1) is 0 Å². The summed E-state index contributed by atoms with van der Waals surface area (Å²) in [5.74, 6) is 1.55. The molecule has 0 unspecified atom stereocenters. The van der Waals surface area contributed by atoms with Gasteiger partial charge in [-0.25, -0.2) is 4.79 Å². The lowest BCUT2D eigenvalue weighted by atomic mass is 9.92. The molecule has 2 aromatic carbocycles. The van der Waals surface area contributed by atoms with Crippen LogP contribution in [0.4, 0.5) is 4.79 Å². The van der Waals surface area contributed by atoms with Crippen LogP contribution in [0.2, 0.25) is 0 Å². The average Bonchev–Trinajstić information content (AvgIpc) is 2.92. The Morgan fingerprint density at radius 1 is 0.926 bits per heavy atom. The number of hydrogen-bond acceptors (Lipinski definition) is 5. The highest BCUT2D eigenvalue weighted by molar-refractivity contribution is 6.07. The Morgan fingerprint density at radius 3 is 2.15 bits per heavy atom. The van der Waals surface area contributed by atoms with Gasteiger partial charge in [-0.05, 0) is 42.8 Å². The Balaban J connectivity index is 1.90. The van der Waals surface area contributed by atoms with Crippen LogP contribution in [0.3, 0.4) is 0 Å². The maximum Gasteiger partial charge on any atom is 0.325 e. The van der Waals surface area contributed by atoms with Crippen LogP contribution in [0.25, 0.3) is 0 Å². The van der Waals surface area contributed by atoms with E-state index in [2.05, 4.69) is 5.32 Å². The fourth-order valence-corrected chi connectivity index (χ4v) is 3.14. The Hall–Kier alpha value is -3.22. The highest BCUT2D eigenvalue weighted by Crippen LogP contribution is 2.33. The molecule has 1 atom stereocenters. The minimum atomic E-state index is -1.14. The first-order chi connectivity index (χ1) is 12.9. The standard InChI is InChI=1S/C20H22N2O5/c1-20(14-5-7-15(25-2)8-6-14)18(23)22(19(24)21-20)12-13-11-16(26-3)9-10-17(13)27-4/h5-11H,12H2,1-4H3,(H,21,24)/t20-/m1/s1. The summed E-state index contributed by atoms with van der Waals surface area (Å²) in [5, 5.41) is 2.79. The van der Waals surface area contributed by atoms with E-state index in [1.807, 2.05) is 0 Å². The molecule has 0 spiro atoms. The number of nitrogens with zero attached hydrogens (tertiary/aromatic N) is 1. The largest absolute Gasteiger partial charge is 0.497 e. The van der Waals surface area contributed by atoms with Gasteiger partial charge < -0.3 is 19.5 Å². The number of methoxy groups -OCH3 is 3. The van der Waals surface area contributed by atoms with Crippen LogP contribution in [0.1, 0.15) is 18.1 Å². The predicted octanol–water partition coefficient (Wildman–Crippen LogP) is 2.68. The molecule has 1 fully saturated rings. The molecular formula is C20H22N2O5. The Bertz CT molecular complexity index is 865. The number of nitrogens with one attached hydrogen (secondary N) is 1. The molecule has 0 aliphatic carbocycles. The fourth-order valence-electron chi connectivity index (χ4n) is 3.14. The first-order valence-corrected chi connectivity index (χ1v) is 8.42. The van der Waals surface area contributed by atoms with Crippen molar-refractivity contribution in [2.75, 3.05) is 21.3 Å². The second kappa shape index (κ2) is 7.19. The lowest BCUT2D eigenvalue weighted by Crippen LogP contribution is -2.40. The van der Waals surface area contributed by atoms with Crippen molar-refractivity contribution in [2.45, 2.75) is 19.0 Å². The van der Waals surface area contributed by atoms with Crippen molar-refractivity contribution in [2.24, 2.45) is 0 Å². The van der Waals surface area contributed by atoms with Crippen molar-refractivity contribution in [1.82, 2.24) is 10.2 Å². The molecule has 2 aromatic rings. The van der Waals surface area contributed by atoms with Crippen LogP contribution in [0.5, 0.6) is 17.2 Å². The van der Waals surface area contributed by atoms with Gasteiger partial charge in [-0.3, -0.25) is 9.69 Å². The zero-order valence-electron chi connectivity index (χ0n) is 15.7. The molecule has 1 N–H and O–H groups in total. The highest BCUT2D eigenvalue weighted by Gasteiger charge is 2.49. The second-order valence-electron chi connectivity index (χ2n) is 6.35. The van der Waals surface area contributed by atoms with Crippen LogP contribution in [0, 0.1) is 0 Å². The molecule has 3 amide bonds. The number of imide groups is 1. The van der Waals surface area contributed by atoms with Crippen molar-refractivity contribution >= 4 is 11.9 Å². The van der Waals surface area contributed by atoms with Gasteiger partial charge in [-0.1, -0.05) is 12.1 Å². The number of amides is 3. The minimum Gasteiger partial charge on any atom is -0.497 e. The van der Waals surface area contributed by atoms with Gasteiger partial charge in [-0.2, -0.15) is 0 Å². The summed E-state index contributed by atoms with van der Waals surface area (Å²) in [5.41, 5.74) is 0.219. The van der Waals surface area contributed by atoms with E-state index in [4.69, 9.17) is 14.2 Å². The predicted molar refractivity (Wildman–Crippen MR) is 99.0 cm³/mol. The van der Waals surface area contributed by atoms with Crippen molar-refractivity contribution < 1.29 is 23.8 Å². The molecule has 1 aliphatic rings. The number of ether oxygens (including phenoxy) is 3. The van der Waals surface area contributed by atoms with Crippen molar-refractivity contribution in [3.05, 3.63) is 53.6 Å². The Morgan fingerprint density at radius 2 is 1.56 bits per heavy atom. The van der Waals surface area contributed by atoms with Gasteiger partial charge in [0.05, 0.1) is 27.9 Å². The van der Waals surface area contributed by atoms with Crippen LogP contribution in [-0.4, -0.2) is 38.2 Å². The molecular weight excluding hydrogens is 348 g/mol. The lowest BCUT2D eigenvalue weighted by Gasteiger charge is -2.22. The summed E-state index contributed by atoms with van der Waals surface area (Å²) in [6.07, 6.45) is 0. The van der Waals surface area contributed by atoms with Gasteiger partial charge >= 0.3 is 6.03 Å². The zero-order chi connectivity index (χ0) is 19.6. The molecule has 3 rings (SSSR count). The van der Waals surface area contributed by atoms with E-state index in [0.717, 1.165) is 0 Å². The monoisotopic (exact) mass is 370 g/mol. The normalized spacial score (nSPS) is 19.0. The molecule has 1 saturated heterocycles. The number of carbonyl (C=O) groups excluding carboxylic acids is 2. The smallest absolute Gasteiger partial charge is 0.325 e. The van der Waals surface area contributed by atoms with Crippen molar-refractivity contribution in [3.8, 4) is 17.2 Å². The van der Waals surface area contributed by atoms with Gasteiger partial charge in [0.2, 0.25) is 0 Å². The summed E-state index contributed by atoms with van der Waals surface area (Å²) >= 11 is 0. The molecule has 0 bridgehead atoms. The number of urea groups is 1. The van der Waals surface area contributed by atoms with Gasteiger partial charge in [0, 0.05) is 5.56 Å². The third-order valence-electron chi connectivity index (χ3n) is 4.76. The van der Waals surface area contributed by atoms with Crippen LogP contribution < -0.4 is 19.5 Å². The molecule has 27 heavy (non-hydrogen) atoms. The maximum absolute atomic E-state index is 13.1. The minimum absolute atomic E-state index is 0.0801. The zero-order valence-corrected chi connectivity index (χ0v) is 15.7. The molecule has 7 heteroatoms. The van der Waals surface area contributed by atoms with Crippen LogP contribution >= 0.6 is 0 Å². The van der Waals surface area contributed by atoms with Gasteiger partial charge in [0.15, 0.2) is 0 Å². The number of rotatable bonds is 6. The lowest BCUT2D eigenvalue weighted by molar-refractivity contribution is -0.131. The highest BCUT2D eigenvalue weighted by atomic mass is 16.5. The van der Waals surface area contributed by atoms with Crippen molar-refractivity contribution in [1.29, 1.82) is 0 Å². The van der Waals surface area contributed by atoms with Crippen molar-refractivity contribution in [3.63, 3.8) is 0 Å². The molecule has 0 saturated carbocycles. The summed E-state index contributed by atoms with van der Waals surface area (Å²) in [7, 11) is 4.67. The van der Waals surface area contributed by atoms with Crippen LogP contribution in [0.15, 0.2) is 42.5 Å². The first-order valence-electron chi connectivity index (χ1n) is 8.42. The third-order valence-corrected chi connectivity index (χ3v) is 4.76. The molecule has 1 aliphatic heterocycles. The van der Waals surface area contributed by atoms with E-state index in [9.17, 15) is 9.59 Å². The van der Waals surface area contributed by atoms with E-state index < -0.39 is 11.6 Å². The SMILES string of the molecule is COc1ccc([C@@]2(C)NC(=O)N(Cc3cc(OC)ccc3OC)C2=O)cc1. The van der Waals surface area contributed by atoms with Crippen LogP contribution in [-0.2, 0) is 16.9 Å². The molecule has 1 heterocycles. The van der Waals surface area contributed by atoms with E-state index in [-0.39, 0.29) is 12.5 Å². The number of hydrogen-bond donors (Lipinski definition) is 1. The first kappa shape index (κ1) is 18.6. The molecule has 142 valence electrons. The maximum atomic E-state index is 13.1. The summed E-state index contributed by atoms with van der Waals surface area (Å²) in [6, 6.07) is 11.9. The fraction of sp³-hybridized carbons (Fsp3) is 0.300. The van der Waals surface area contributed by atoms with E-state index in [1.54, 1.807) is 70.7 Å². The van der Waals surface area contributed by atoms with E-state index in [1.165, 1.54) is 4.90 Å². The number of benzene rings is 2. The average molecular weight is 370 g/mol. The summed E-state index contributed by atoms with van der Waals surface area (Å²) in [4.78, 5) is 26.8. The summed E-state index contributed by atoms with van der Waals surface area (Å²) < 4.78 is 15.7. The van der Waals surface area contributed by atoms with Gasteiger partial charge in [0.25, 0.3) is 5.91 Å². The Labute approximate surface area is 157 Å². The third kappa shape index (κ3) is 3.28. The van der Waals surface area contributed by atoms with E-state index in [0.29, 0.717) is 28.4 Å². The second-order valence-corrected chi connectivity index (χ2v) is 6.35. The van der Waals surface area contributed by atoms with E-state index >= 15 is 0 Å². The van der Waals surface area contributed by atoms with Gasteiger partial charge in [0.1, 0.15) is 22.8 Å². The molecule has 7 nitrogen and oxygen atoms in total. The Kier molecular flexibility index (Phi) is 4.94. The quantitative estimate of drug-likeness (QED) is 0.791. The topological polar surface area (TPSA) is 77.1 Å². The molecule has 0 aromatic heterocycles. The number of carbonyl (C=O) groups is 2. The molecule has 0 radical (unpaired) electrons.